The van der Waals surface area contributed by atoms with Gasteiger partial charge in [0, 0.05) is 22.1 Å². The van der Waals surface area contributed by atoms with Gasteiger partial charge in [-0.3, -0.25) is 0 Å². The summed E-state index contributed by atoms with van der Waals surface area (Å²) in [5, 5.41) is 1.27. The molecule has 1 saturated heterocycles. The van der Waals surface area contributed by atoms with Crippen LogP contribution in [0, 0.1) is 0 Å². The molecule has 166 valence electrons. The third kappa shape index (κ3) is 2.77. The van der Waals surface area contributed by atoms with Gasteiger partial charge in [0.05, 0.1) is 22.4 Å². The zero-order valence-corrected chi connectivity index (χ0v) is 20.3. The van der Waals surface area contributed by atoms with Crippen molar-refractivity contribution in [3.63, 3.8) is 0 Å². The zero-order valence-electron chi connectivity index (χ0n) is 20.3. The Balaban J connectivity index is 1.63. The Bertz CT molecular complexity index is 1380. The molecule has 0 saturated carbocycles. The van der Waals surface area contributed by atoms with Gasteiger partial charge in [0.15, 0.2) is 0 Å². The summed E-state index contributed by atoms with van der Waals surface area (Å²) in [7, 11) is -0.373. The summed E-state index contributed by atoms with van der Waals surface area (Å²) < 4.78 is 15.2. The van der Waals surface area contributed by atoms with Crippen LogP contribution in [-0.2, 0) is 14.7 Å². The minimum absolute atomic E-state index is 0.0985. The second kappa shape index (κ2) is 6.62. The van der Waals surface area contributed by atoms with Crippen LogP contribution in [0.15, 0.2) is 72.8 Å². The van der Waals surface area contributed by atoms with Gasteiger partial charge >= 0.3 is 7.12 Å². The normalized spacial score (nSPS) is 19.6. The van der Waals surface area contributed by atoms with Gasteiger partial charge in [-0.2, -0.15) is 0 Å². The van der Waals surface area contributed by atoms with E-state index in [1.807, 2.05) is 0 Å². The van der Waals surface area contributed by atoms with Gasteiger partial charge in [0.2, 0.25) is 0 Å². The lowest BCUT2D eigenvalue weighted by Crippen LogP contribution is -2.41. The van der Waals surface area contributed by atoms with Crippen molar-refractivity contribution in [1.82, 2.24) is 4.57 Å². The van der Waals surface area contributed by atoms with E-state index >= 15 is 0 Å². The molecule has 3 aromatic carbocycles. The molecule has 3 nitrogen and oxygen atoms in total. The van der Waals surface area contributed by atoms with E-state index in [-0.39, 0.29) is 23.7 Å². The van der Waals surface area contributed by atoms with Crippen LogP contribution < -0.4 is 5.46 Å². The second-order valence-electron chi connectivity index (χ2n) is 10.9. The maximum atomic E-state index is 6.39. The predicted octanol–water partition coefficient (Wildman–Crippen LogP) is 6.24. The smallest absolute Gasteiger partial charge is 0.399 e. The molecular formula is C29H30BNO2. The van der Waals surface area contributed by atoms with Gasteiger partial charge in [0.25, 0.3) is 0 Å². The van der Waals surface area contributed by atoms with Gasteiger partial charge < -0.3 is 13.9 Å². The molecule has 0 bridgehead atoms. The largest absolute Gasteiger partial charge is 0.494 e. The Hall–Kier alpha value is -2.82. The lowest BCUT2D eigenvalue weighted by Gasteiger charge is -2.32. The highest BCUT2D eigenvalue weighted by molar-refractivity contribution is 6.62. The first-order valence-electron chi connectivity index (χ1n) is 11.8. The van der Waals surface area contributed by atoms with Gasteiger partial charge in [-0.15, -0.1) is 0 Å². The molecule has 2 aliphatic rings. The van der Waals surface area contributed by atoms with E-state index in [0.29, 0.717) is 0 Å². The monoisotopic (exact) mass is 435 g/mol. The number of nitrogens with zero attached hydrogens (tertiary/aromatic N) is 1. The molecule has 1 aliphatic heterocycles. The minimum Gasteiger partial charge on any atom is -0.399 e. The molecule has 0 N–H and O–H groups in total. The molecule has 0 atom stereocenters. The summed E-state index contributed by atoms with van der Waals surface area (Å²) in [4.78, 5) is 0. The van der Waals surface area contributed by atoms with Gasteiger partial charge in [-0.05, 0) is 62.5 Å². The van der Waals surface area contributed by atoms with Crippen molar-refractivity contribution in [3.8, 4) is 16.9 Å². The SMILES string of the molecule is CC1(C)c2ccccc2-c2c1c1cc(B3OC(C)(C)C(C)(C)O3)ccc1n2-c1ccccc1. The van der Waals surface area contributed by atoms with Gasteiger partial charge in [-0.25, -0.2) is 0 Å². The van der Waals surface area contributed by atoms with Crippen molar-refractivity contribution in [2.75, 3.05) is 0 Å². The summed E-state index contributed by atoms with van der Waals surface area (Å²) in [5.74, 6) is 0. The number of fused-ring (bicyclic) bond motifs is 5. The number of aromatic nitrogens is 1. The summed E-state index contributed by atoms with van der Waals surface area (Å²) in [6, 6.07) is 26.2. The van der Waals surface area contributed by atoms with E-state index in [0.717, 1.165) is 5.46 Å². The Kier molecular flexibility index (Phi) is 4.17. The highest BCUT2D eigenvalue weighted by Crippen LogP contribution is 2.53. The lowest BCUT2D eigenvalue weighted by atomic mass is 9.76. The van der Waals surface area contributed by atoms with Crippen molar-refractivity contribution < 1.29 is 9.31 Å². The van der Waals surface area contributed by atoms with Gasteiger partial charge in [-0.1, -0.05) is 68.4 Å². The first kappa shape index (κ1) is 20.8. The van der Waals surface area contributed by atoms with Crippen LogP contribution in [0.5, 0.6) is 0 Å². The topological polar surface area (TPSA) is 23.4 Å². The Morgan fingerprint density at radius 1 is 0.727 bits per heavy atom. The molecule has 33 heavy (non-hydrogen) atoms. The van der Waals surface area contributed by atoms with E-state index in [9.17, 15) is 0 Å². The quantitative estimate of drug-likeness (QED) is 0.348. The van der Waals surface area contributed by atoms with Crippen LogP contribution >= 0.6 is 0 Å². The molecule has 0 unspecified atom stereocenters. The average molecular weight is 435 g/mol. The van der Waals surface area contributed by atoms with E-state index in [4.69, 9.17) is 9.31 Å². The van der Waals surface area contributed by atoms with E-state index in [2.05, 4.69) is 119 Å². The maximum absolute atomic E-state index is 6.39. The molecule has 1 fully saturated rings. The first-order chi connectivity index (χ1) is 15.6. The second-order valence-corrected chi connectivity index (χ2v) is 10.9. The Morgan fingerprint density at radius 2 is 1.36 bits per heavy atom. The minimum atomic E-state index is -0.373. The fourth-order valence-electron chi connectivity index (χ4n) is 5.54. The summed E-state index contributed by atoms with van der Waals surface area (Å²) in [6.07, 6.45) is 0. The summed E-state index contributed by atoms with van der Waals surface area (Å²) in [5.41, 5.74) is 8.01. The van der Waals surface area contributed by atoms with Crippen LogP contribution in [0.2, 0.25) is 0 Å². The Morgan fingerprint density at radius 3 is 2.06 bits per heavy atom. The maximum Gasteiger partial charge on any atom is 0.494 e. The molecular weight excluding hydrogens is 405 g/mol. The fourth-order valence-corrected chi connectivity index (χ4v) is 5.54. The molecule has 0 radical (unpaired) electrons. The highest BCUT2D eigenvalue weighted by atomic mass is 16.7. The van der Waals surface area contributed by atoms with Crippen LogP contribution in [-0.4, -0.2) is 22.9 Å². The molecule has 1 aromatic heterocycles. The number of benzene rings is 3. The van der Waals surface area contributed by atoms with Crippen LogP contribution in [0.1, 0.15) is 52.7 Å². The standard InChI is InChI=1S/C29H30BNO2/c1-27(2)23-15-11-10-14-21(23)26-25(27)22-18-19(30-32-28(3,4)29(5,6)33-30)16-17-24(22)31(26)20-12-8-7-9-13-20/h7-18H,1-6H3. The predicted molar refractivity (Wildman–Crippen MR) is 137 cm³/mol. The van der Waals surface area contributed by atoms with Crippen molar-refractivity contribution in [3.05, 3.63) is 83.9 Å². The average Bonchev–Trinajstić information content (AvgIpc) is 3.32. The highest BCUT2D eigenvalue weighted by Gasteiger charge is 2.52. The van der Waals surface area contributed by atoms with Crippen LogP contribution in [0.3, 0.4) is 0 Å². The van der Waals surface area contributed by atoms with Crippen LogP contribution in [0.25, 0.3) is 27.8 Å². The van der Waals surface area contributed by atoms with Gasteiger partial charge in [0.1, 0.15) is 0 Å². The molecule has 0 spiro atoms. The Labute approximate surface area is 196 Å². The number of hydrogen-bond acceptors (Lipinski definition) is 2. The molecule has 0 amide bonds. The number of para-hydroxylation sites is 1. The lowest BCUT2D eigenvalue weighted by molar-refractivity contribution is 0.00578. The van der Waals surface area contributed by atoms with Crippen LogP contribution in [0.4, 0.5) is 0 Å². The third-order valence-electron chi connectivity index (χ3n) is 8.01. The molecule has 2 heterocycles. The number of hydrogen-bond donors (Lipinski definition) is 0. The van der Waals surface area contributed by atoms with Crippen molar-refractivity contribution >= 4 is 23.5 Å². The van der Waals surface area contributed by atoms with E-state index < -0.39 is 0 Å². The van der Waals surface area contributed by atoms with Crippen molar-refractivity contribution in [2.24, 2.45) is 0 Å². The summed E-state index contributed by atoms with van der Waals surface area (Å²) in [6.45, 7) is 13.1. The molecule has 6 rings (SSSR count). The molecule has 4 aromatic rings. The molecule has 4 heteroatoms. The number of rotatable bonds is 2. The zero-order chi connectivity index (χ0) is 23.2. The van der Waals surface area contributed by atoms with E-state index in [1.54, 1.807) is 0 Å². The van der Waals surface area contributed by atoms with E-state index in [1.165, 1.54) is 39.0 Å². The van der Waals surface area contributed by atoms with Crippen molar-refractivity contribution in [1.29, 1.82) is 0 Å². The fraction of sp³-hybridized carbons (Fsp3) is 0.310. The first-order valence-corrected chi connectivity index (χ1v) is 11.8. The third-order valence-corrected chi connectivity index (χ3v) is 8.01. The van der Waals surface area contributed by atoms with Crippen molar-refractivity contribution in [2.45, 2.75) is 58.2 Å². The molecule has 1 aliphatic carbocycles. The summed E-state index contributed by atoms with van der Waals surface area (Å²) >= 11 is 0.